The Labute approximate surface area is 63.8 Å². The van der Waals surface area contributed by atoms with E-state index in [1.165, 1.54) is 6.42 Å². The monoisotopic (exact) mass is 142 g/mol. The van der Waals surface area contributed by atoms with Crippen LogP contribution in [0.1, 0.15) is 41.0 Å². The summed E-state index contributed by atoms with van der Waals surface area (Å²) in [5.74, 6) is 0.683. The minimum atomic E-state index is 0.0868. The second kappa shape index (κ2) is 1.97. The Morgan fingerprint density at radius 2 is 1.70 bits per heavy atom. The normalized spacial score (nSPS) is 36.3. The highest BCUT2D eigenvalue weighted by Gasteiger charge is 2.42. The summed E-state index contributed by atoms with van der Waals surface area (Å²) in [7, 11) is 0. The predicted molar refractivity (Wildman–Crippen MR) is 43.0 cm³/mol. The third-order valence-corrected chi connectivity index (χ3v) is 2.52. The zero-order valence-corrected chi connectivity index (χ0v) is 7.69. The Morgan fingerprint density at radius 1 is 1.20 bits per heavy atom. The van der Waals surface area contributed by atoms with Gasteiger partial charge in [0, 0.05) is 0 Å². The van der Waals surface area contributed by atoms with Gasteiger partial charge in [0.2, 0.25) is 0 Å². The van der Waals surface area contributed by atoms with Gasteiger partial charge in [0.05, 0.1) is 11.2 Å². The standard InChI is InChI=1S/C9H18O/c1-7-6-8(2,3)10-9(7,4)5/h7H,6H2,1-5H3. The highest BCUT2D eigenvalue weighted by molar-refractivity contribution is 4.91. The third kappa shape index (κ3) is 1.34. The summed E-state index contributed by atoms with van der Waals surface area (Å²) in [5.41, 5.74) is 0.187. The van der Waals surface area contributed by atoms with E-state index >= 15 is 0 Å². The summed E-state index contributed by atoms with van der Waals surface area (Å²) in [6.45, 7) is 10.9. The van der Waals surface area contributed by atoms with Gasteiger partial charge in [-0.15, -0.1) is 0 Å². The summed E-state index contributed by atoms with van der Waals surface area (Å²) >= 11 is 0. The lowest BCUT2D eigenvalue weighted by Gasteiger charge is -2.25. The highest BCUT2D eigenvalue weighted by Crippen LogP contribution is 2.41. The second-order valence-electron chi connectivity index (χ2n) is 4.57. The molecule has 1 fully saturated rings. The van der Waals surface area contributed by atoms with Crippen LogP contribution in [0.2, 0.25) is 0 Å². The molecule has 1 saturated heterocycles. The molecule has 1 aliphatic heterocycles. The lowest BCUT2D eigenvalue weighted by molar-refractivity contribution is -0.0729. The van der Waals surface area contributed by atoms with Gasteiger partial charge in [-0.3, -0.25) is 0 Å². The molecule has 0 bridgehead atoms. The van der Waals surface area contributed by atoms with Crippen LogP contribution in [0, 0.1) is 5.92 Å². The lowest BCUT2D eigenvalue weighted by Crippen LogP contribution is -2.28. The highest BCUT2D eigenvalue weighted by atomic mass is 16.5. The van der Waals surface area contributed by atoms with Crippen LogP contribution in [0.15, 0.2) is 0 Å². The van der Waals surface area contributed by atoms with Crippen molar-refractivity contribution >= 4 is 0 Å². The molecular weight excluding hydrogens is 124 g/mol. The van der Waals surface area contributed by atoms with Crippen molar-refractivity contribution < 1.29 is 4.74 Å². The molecule has 1 atom stereocenters. The molecule has 0 aliphatic carbocycles. The fourth-order valence-corrected chi connectivity index (χ4v) is 1.84. The van der Waals surface area contributed by atoms with Gasteiger partial charge < -0.3 is 4.74 Å². The average molecular weight is 142 g/mol. The van der Waals surface area contributed by atoms with Crippen molar-refractivity contribution in [2.75, 3.05) is 0 Å². The summed E-state index contributed by atoms with van der Waals surface area (Å²) in [4.78, 5) is 0. The number of rotatable bonds is 0. The van der Waals surface area contributed by atoms with Gasteiger partial charge in [-0.25, -0.2) is 0 Å². The van der Waals surface area contributed by atoms with Crippen molar-refractivity contribution in [1.29, 1.82) is 0 Å². The Morgan fingerprint density at radius 3 is 1.80 bits per heavy atom. The molecular formula is C9H18O. The maximum absolute atomic E-state index is 5.85. The predicted octanol–water partition coefficient (Wildman–Crippen LogP) is 2.60. The summed E-state index contributed by atoms with van der Waals surface area (Å²) < 4.78 is 5.85. The van der Waals surface area contributed by atoms with Crippen molar-refractivity contribution in [2.24, 2.45) is 5.92 Å². The maximum Gasteiger partial charge on any atom is 0.0660 e. The van der Waals surface area contributed by atoms with Crippen LogP contribution in [0.5, 0.6) is 0 Å². The largest absolute Gasteiger partial charge is 0.369 e. The van der Waals surface area contributed by atoms with Crippen LogP contribution in [0.25, 0.3) is 0 Å². The van der Waals surface area contributed by atoms with Crippen LogP contribution in [-0.2, 0) is 4.74 Å². The van der Waals surface area contributed by atoms with E-state index in [1.54, 1.807) is 0 Å². The molecule has 0 spiro atoms. The molecule has 0 saturated carbocycles. The van der Waals surface area contributed by atoms with Crippen LogP contribution in [0.3, 0.4) is 0 Å². The Kier molecular flexibility index (Phi) is 1.59. The molecule has 60 valence electrons. The molecule has 1 heteroatoms. The number of hydrogen-bond donors (Lipinski definition) is 0. The Bertz CT molecular complexity index is 136. The van der Waals surface area contributed by atoms with Crippen LogP contribution >= 0.6 is 0 Å². The van der Waals surface area contributed by atoms with Crippen LogP contribution in [0.4, 0.5) is 0 Å². The van der Waals surface area contributed by atoms with E-state index in [0.29, 0.717) is 5.92 Å². The molecule has 0 aromatic heterocycles. The average Bonchev–Trinajstić information content (AvgIpc) is 1.73. The third-order valence-electron chi connectivity index (χ3n) is 2.52. The molecule has 10 heavy (non-hydrogen) atoms. The quantitative estimate of drug-likeness (QED) is 0.505. The van der Waals surface area contributed by atoms with Gasteiger partial charge in [-0.1, -0.05) is 6.92 Å². The molecule has 0 amide bonds. The minimum absolute atomic E-state index is 0.0868. The zero-order valence-electron chi connectivity index (χ0n) is 7.69. The first-order valence-electron chi connectivity index (χ1n) is 4.04. The second-order valence-corrected chi connectivity index (χ2v) is 4.57. The van der Waals surface area contributed by atoms with Crippen molar-refractivity contribution in [2.45, 2.75) is 52.2 Å². The first-order chi connectivity index (χ1) is 4.33. The van der Waals surface area contributed by atoms with E-state index in [1.807, 2.05) is 0 Å². The molecule has 0 aromatic rings. The van der Waals surface area contributed by atoms with Gasteiger partial charge in [0.25, 0.3) is 0 Å². The van der Waals surface area contributed by atoms with Gasteiger partial charge in [-0.2, -0.15) is 0 Å². The molecule has 0 radical (unpaired) electrons. The Balaban J connectivity index is 2.71. The first kappa shape index (κ1) is 8.06. The summed E-state index contributed by atoms with van der Waals surface area (Å²) in [5, 5.41) is 0. The van der Waals surface area contributed by atoms with Gasteiger partial charge in [0.1, 0.15) is 0 Å². The van der Waals surface area contributed by atoms with Crippen molar-refractivity contribution in [3.05, 3.63) is 0 Å². The molecule has 1 unspecified atom stereocenters. The van der Waals surface area contributed by atoms with E-state index in [-0.39, 0.29) is 11.2 Å². The van der Waals surface area contributed by atoms with Crippen molar-refractivity contribution in [3.63, 3.8) is 0 Å². The fraction of sp³-hybridized carbons (Fsp3) is 1.00. The lowest BCUT2D eigenvalue weighted by atomic mass is 9.89. The minimum Gasteiger partial charge on any atom is -0.369 e. The van der Waals surface area contributed by atoms with E-state index in [9.17, 15) is 0 Å². The van der Waals surface area contributed by atoms with E-state index < -0.39 is 0 Å². The fourth-order valence-electron chi connectivity index (χ4n) is 1.84. The maximum atomic E-state index is 5.85. The topological polar surface area (TPSA) is 9.23 Å². The van der Waals surface area contributed by atoms with Crippen molar-refractivity contribution in [1.82, 2.24) is 0 Å². The summed E-state index contributed by atoms with van der Waals surface area (Å²) in [6.07, 6.45) is 1.18. The molecule has 0 N–H and O–H groups in total. The molecule has 1 nitrogen and oxygen atoms in total. The molecule has 1 rings (SSSR count). The molecule has 1 heterocycles. The van der Waals surface area contributed by atoms with Crippen molar-refractivity contribution in [3.8, 4) is 0 Å². The van der Waals surface area contributed by atoms with Gasteiger partial charge in [-0.05, 0) is 40.0 Å². The summed E-state index contributed by atoms with van der Waals surface area (Å²) in [6, 6.07) is 0. The Hall–Kier alpha value is -0.0400. The van der Waals surface area contributed by atoms with E-state index in [4.69, 9.17) is 4.74 Å². The first-order valence-corrected chi connectivity index (χ1v) is 4.04. The molecule has 0 aromatic carbocycles. The van der Waals surface area contributed by atoms with E-state index in [2.05, 4.69) is 34.6 Å². The van der Waals surface area contributed by atoms with Crippen LogP contribution in [-0.4, -0.2) is 11.2 Å². The SMILES string of the molecule is CC1CC(C)(C)OC1(C)C. The van der Waals surface area contributed by atoms with E-state index in [0.717, 1.165) is 0 Å². The van der Waals surface area contributed by atoms with Crippen LogP contribution < -0.4 is 0 Å². The smallest absolute Gasteiger partial charge is 0.0660 e. The number of ether oxygens (including phenoxy) is 1. The number of hydrogen-bond acceptors (Lipinski definition) is 1. The molecule has 1 aliphatic rings. The van der Waals surface area contributed by atoms with Gasteiger partial charge >= 0.3 is 0 Å². The van der Waals surface area contributed by atoms with Gasteiger partial charge in [0.15, 0.2) is 0 Å². The zero-order chi connectivity index (χ0) is 7.99.